The highest BCUT2D eigenvalue weighted by atomic mass is 19.1. The van der Waals surface area contributed by atoms with E-state index in [0.717, 1.165) is 0 Å². The molecule has 23 heavy (non-hydrogen) atoms. The first kappa shape index (κ1) is 15.1. The van der Waals surface area contributed by atoms with Crippen LogP contribution in [0.3, 0.4) is 0 Å². The van der Waals surface area contributed by atoms with Gasteiger partial charge in [0, 0.05) is 29.8 Å². The van der Waals surface area contributed by atoms with E-state index in [1.165, 1.54) is 37.7 Å². The number of nitrogens with one attached hydrogen (secondary N) is 2. The number of methoxy groups -OCH3 is 1. The lowest BCUT2D eigenvalue weighted by molar-refractivity contribution is -0.121. The number of benzene rings is 1. The Morgan fingerprint density at radius 1 is 1.26 bits per heavy atom. The van der Waals surface area contributed by atoms with Crippen LogP contribution >= 0.6 is 0 Å². The van der Waals surface area contributed by atoms with Gasteiger partial charge < -0.3 is 4.74 Å². The zero-order valence-electron chi connectivity index (χ0n) is 12.2. The predicted octanol–water partition coefficient (Wildman–Crippen LogP) is 2.01. The third kappa shape index (κ3) is 3.05. The number of aromatic nitrogens is 2. The third-order valence-electron chi connectivity index (χ3n) is 3.66. The topological polar surface area (TPSA) is 76.1 Å². The summed E-state index contributed by atoms with van der Waals surface area (Å²) in [6.45, 7) is 0. The number of carbonyl (C=O) groups is 1. The van der Waals surface area contributed by atoms with E-state index in [1.807, 2.05) is 0 Å². The Bertz CT molecular complexity index is 721. The minimum Gasteiger partial charge on any atom is -0.478 e. The van der Waals surface area contributed by atoms with Crippen LogP contribution < -0.4 is 15.6 Å². The summed E-state index contributed by atoms with van der Waals surface area (Å²) in [5.41, 5.74) is 5.02. The average molecular weight is 320 g/mol. The first-order valence-electron chi connectivity index (χ1n) is 6.96. The molecular weight excluding hydrogens is 306 g/mol. The Morgan fingerprint density at radius 3 is 2.65 bits per heavy atom. The molecule has 1 fully saturated rings. The first-order valence-corrected chi connectivity index (χ1v) is 6.96. The van der Waals surface area contributed by atoms with Crippen LogP contribution in [-0.4, -0.2) is 23.0 Å². The molecule has 1 saturated carbocycles. The van der Waals surface area contributed by atoms with Gasteiger partial charge in [-0.05, 0) is 18.6 Å². The summed E-state index contributed by atoms with van der Waals surface area (Å²) in [5.74, 6) is -2.11. The molecule has 0 saturated heterocycles. The van der Waals surface area contributed by atoms with E-state index in [-0.39, 0.29) is 23.2 Å². The maximum Gasteiger partial charge on any atom is 0.258 e. The van der Waals surface area contributed by atoms with E-state index in [2.05, 4.69) is 20.8 Å². The Labute approximate surface area is 130 Å². The summed E-state index contributed by atoms with van der Waals surface area (Å²) in [5, 5.41) is 0. The lowest BCUT2D eigenvalue weighted by Gasteiger charge is -2.10. The van der Waals surface area contributed by atoms with Crippen molar-refractivity contribution in [2.75, 3.05) is 12.5 Å². The van der Waals surface area contributed by atoms with Gasteiger partial charge in [-0.1, -0.05) is 6.07 Å². The van der Waals surface area contributed by atoms with E-state index >= 15 is 0 Å². The van der Waals surface area contributed by atoms with Crippen molar-refractivity contribution >= 4 is 11.7 Å². The summed E-state index contributed by atoms with van der Waals surface area (Å²) >= 11 is 0. The third-order valence-corrected chi connectivity index (χ3v) is 3.66. The van der Waals surface area contributed by atoms with Crippen molar-refractivity contribution in [1.29, 1.82) is 0 Å². The molecule has 1 aromatic heterocycles. The first-order chi connectivity index (χ1) is 11.1. The average Bonchev–Trinajstić information content (AvgIpc) is 3.33. The van der Waals surface area contributed by atoms with Gasteiger partial charge in [0.1, 0.15) is 11.6 Å². The van der Waals surface area contributed by atoms with Crippen molar-refractivity contribution in [2.24, 2.45) is 5.92 Å². The van der Waals surface area contributed by atoms with Crippen LogP contribution in [0.15, 0.2) is 30.6 Å². The lowest BCUT2D eigenvalue weighted by Crippen LogP contribution is -2.31. The van der Waals surface area contributed by atoms with Crippen molar-refractivity contribution in [1.82, 2.24) is 15.4 Å². The van der Waals surface area contributed by atoms with Crippen LogP contribution in [0.1, 0.15) is 17.9 Å². The van der Waals surface area contributed by atoms with Crippen molar-refractivity contribution in [3.05, 3.63) is 47.8 Å². The highest BCUT2D eigenvalue weighted by Crippen LogP contribution is 2.49. The Morgan fingerprint density at radius 2 is 1.96 bits per heavy atom. The fraction of sp³-hybridized carbons (Fsp3) is 0.267. The number of rotatable bonds is 5. The van der Waals surface area contributed by atoms with Gasteiger partial charge in [0.15, 0.2) is 0 Å². The smallest absolute Gasteiger partial charge is 0.258 e. The van der Waals surface area contributed by atoms with E-state index in [1.54, 1.807) is 0 Å². The molecule has 2 atom stereocenters. The molecule has 1 amide bonds. The zero-order chi connectivity index (χ0) is 16.4. The molecule has 0 radical (unpaired) electrons. The van der Waals surface area contributed by atoms with Gasteiger partial charge in [-0.15, -0.1) is 0 Å². The SMILES string of the molecule is COc1nccnc1NNC(=O)[C@@H]1C[C@@H]1c1c(F)cccc1F. The molecule has 3 rings (SSSR count). The number of hydrogen-bond acceptors (Lipinski definition) is 5. The molecular formula is C15H14F2N4O2. The maximum atomic E-state index is 13.7. The van der Waals surface area contributed by atoms with Gasteiger partial charge >= 0.3 is 0 Å². The number of carbonyl (C=O) groups excluding carboxylic acids is 1. The second-order valence-electron chi connectivity index (χ2n) is 5.11. The molecule has 8 heteroatoms. The second kappa shape index (κ2) is 6.15. The normalized spacial score (nSPS) is 19.1. The second-order valence-corrected chi connectivity index (χ2v) is 5.11. The van der Waals surface area contributed by atoms with Crippen molar-refractivity contribution in [3.8, 4) is 5.88 Å². The molecule has 2 aromatic rings. The van der Waals surface area contributed by atoms with Gasteiger partial charge in [-0.2, -0.15) is 0 Å². The fourth-order valence-electron chi connectivity index (χ4n) is 2.44. The standard InChI is InChI=1S/C15H14F2N4O2/c1-23-15-13(18-5-6-19-15)20-21-14(22)9-7-8(9)12-10(16)3-2-4-11(12)17/h2-6,8-9H,7H2,1H3,(H,18,20)(H,21,22)/t8-,9+/m0/s1. The van der Waals surface area contributed by atoms with E-state index in [9.17, 15) is 13.6 Å². The minimum atomic E-state index is -0.631. The molecule has 0 aliphatic heterocycles. The molecule has 1 aliphatic carbocycles. The van der Waals surface area contributed by atoms with E-state index in [0.29, 0.717) is 6.42 Å². The molecule has 120 valence electrons. The number of nitrogens with zero attached hydrogens (tertiary/aromatic N) is 2. The quantitative estimate of drug-likeness (QED) is 0.824. The molecule has 1 aromatic carbocycles. The van der Waals surface area contributed by atoms with Crippen molar-refractivity contribution in [3.63, 3.8) is 0 Å². The Balaban J connectivity index is 1.63. The largest absolute Gasteiger partial charge is 0.478 e. The van der Waals surface area contributed by atoms with Gasteiger partial charge in [0.2, 0.25) is 11.7 Å². The summed E-state index contributed by atoms with van der Waals surface area (Å²) in [4.78, 5) is 20.0. The summed E-state index contributed by atoms with van der Waals surface area (Å²) in [7, 11) is 1.43. The van der Waals surface area contributed by atoms with Crippen LogP contribution in [0.4, 0.5) is 14.6 Å². The lowest BCUT2D eigenvalue weighted by atomic mass is 10.1. The Kier molecular flexibility index (Phi) is 4.05. The van der Waals surface area contributed by atoms with E-state index in [4.69, 9.17) is 4.74 Å². The molecule has 0 bridgehead atoms. The molecule has 0 unspecified atom stereocenters. The van der Waals surface area contributed by atoms with Crippen LogP contribution in [0, 0.1) is 17.6 Å². The van der Waals surface area contributed by atoms with Gasteiger partial charge in [-0.3, -0.25) is 15.6 Å². The van der Waals surface area contributed by atoms with Gasteiger partial charge in [0.05, 0.1) is 7.11 Å². The summed E-state index contributed by atoms with van der Waals surface area (Å²) < 4.78 is 32.4. The van der Waals surface area contributed by atoms with Crippen LogP contribution in [0.5, 0.6) is 5.88 Å². The zero-order valence-corrected chi connectivity index (χ0v) is 12.2. The fourth-order valence-corrected chi connectivity index (χ4v) is 2.44. The predicted molar refractivity (Wildman–Crippen MR) is 77.6 cm³/mol. The van der Waals surface area contributed by atoms with Crippen molar-refractivity contribution < 1.29 is 18.3 Å². The molecule has 0 spiro atoms. The van der Waals surface area contributed by atoms with Gasteiger partial charge in [-0.25, -0.2) is 18.7 Å². The number of anilines is 1. The number of amides is 1. The van der Waals surface area contributed by atoms with Crippen LogP contribution in [-0.2, 0) is 4.79 Å². The van der Waals surface area contributed by atoms with Gasteiger partial charge in [0.25, 0.3) is 5.88 Å². The molecule has 1 aliphatic rings. The highest BCUT2D eigenvalue weighted by Gasteiger charge is 2.46. The van der Waals surface area contributed by atoms with E-state index < -0.39 is 23.5 Å². The molecule has 1 heterocycles. The number of hydrazine groups is 1. The summed E-state index contributed by atoms with van der Waals surface area (Å²) in [6.07, 6.45) is 3.28. The highest BCUT2D eigenvalue weighted by molar-refractivity contribution is 5.84. The number of hydrogen-bond donors (Lipinski definition) is 2. The van der Waals surface area contributed by atoms with Crippen LogP contribution in [0.25, 0.3) is 0 Å². The molecule has 2 N–H and O–H groups in total. The molecule has 6 nitrogen and oxygen atoms in total. The van der Waals surface area contributed by atoms with Crippen molar-refractivity contribution in [2.45, 2.75) is 12.3 Å². The number of ether oxygens (including phenoxy) is 1. The summed E-state index contributed by atoms with van der Waals surface area (Å²) in [6, 6.07) is 3.68. The maximum absolute atomic E-state index is 13.7. The minimum absolute atomic E-state index is 0.0373. The monoisotopic (exact) mass is 320 g/mol. The van der Waals surface area contributed by atoms with Crippen LogP contribution in [0.2, 0.25) is 0 Å². The number of halogens is 2. The Hall–Kier alpha value is -2.77.